The second-order valence-corrected chi connectivity index (χ2v) is 8.17. The molecule has 2 heterocycles. The number of hydrogen-bond donors (Lipinski definition) is 1. The van der Waals surface area contributed by atoms with E-state index in [1.54, 1.807) is 12.1 Å². The van der Waals surface area contributed by atoms with Crippen LogP contribution in [-0.4, -0.2) is 27.7 Å². The van der Waals surface area contributed by atoms with Crippen molar-refractivity contribution in [2.45, 2.75) is 36.8 Å². The Hall–Kier alpha value is -1.99. The van der Waals surface area contributed by atoms with Gasteiger partial charge in [-0.25, -0.2) is 14.4 Å². The number of halogens is 1. The van der Waals surface area contributed by atoms with E-state index in [1.165, 1.54) is 54.4 Å². The maximum absolute atomic E-state index is 13.2. The molecule has 1 N–H and O–H groups in total. The monoisotopic (exact) mass is 387 g/mol. The van der Waals surface area contributed by atoms with Crippen molar-refractivity contribution in [1.29, 1.82) is 0 Å². The normalized spacial score (nSPS) is 14.8. The molecule has 1 aromatic carbocycles. The lowest BCUT2D eigenvalue weighted by atomic mass is 10.1. The van der Waals surface area contributed by atoms with Crippen LogP contribution < -0.4 is 5.32 Å². The van der Waals surface area contributed by atoms with E-state index < -0.39 is 0 Å². The highest BCUT2D eigenvalue weighted by molar-refractivity contribution is 8.00. The molecule has 0 atom stereocenters. The van der Waals surface area contributed by atoms with Crippen LogP contribution in [0.2, 0.25) is 0 Å². The topological polar surface area (TPSA) is 54.9 Å². The zero-order valence-electron chi connectivity index (χ0n) is 14.1. The molecule has 1 saturated carbocycles. The summed E-state index contributed by atoms with van der Waals surface area (Å²) in [5, 5.41) is 6.83. The minimum atomic E-state index is -0.261. The Morgan fingerprint density at radius 2 is 2.00 bits per heavy atom. The van der Waals surface area contributed by atoms with Crippen molar-refractivity contribution in [3.8, 4) is 11.1 Å². The van der Waals surface area contributed by atoms with Gasteiger partial charge in [0.25, 0.3) is 0 Å². The fourth-order valence-electron chi connectivity index (χ4n) is 3.27. The van der Waals surface area contributed by atoms with Crippen LogP contribution in [0.25, 0.3) is 21.3 Å². The molecule has 0 bridgehead atoms. The maximum atomic E-state index is 13.2. The second kappa shape index (κ2) is 7.72. The molecule has 0 unspecified atom stereocenters. The maximum Gasteiger partial charge on any atom is 0.230 e. The van der Waals surface area contributed by atoms with Gasteiger partial charge in [-0.1, -0.05) is 36.7 Å². The third kappa shape index (κ3) is 3.73. The average Bonchev–Trinajstić information content (AvgIpc) is 3.30. The molecule has 3 aromatic rings. The van der Waals surface area contributed by atoms with E-state index in [4.69, 9.17) is 0 Å². The number of carbonyl (C=O) groups excluding carboxylic acids is 1. The third-order valence-corrected chi connectivity index (χ3v) is 6.43. The molecular weight excluding hydrogens is 369 g/mol. The Bertz CT molecular complexity index is 920. The van der Waals surface area contributed by atoms with Crippen LogP contribution in [0.15, 0.2) is 41.0 Å². The summed E-state index contributed by atoms with van der Waals surface area (Å²) in [6, 6.07) is 6.73. The molecule has 26 heavy (non-hydrogen) atoms. The lowest BCUT2D eigenvalue weighted by molar-refractivity contribution is -0.119. The van der Waals surface area contributed by atoms with Crippen LogP contribution in [-0.2, 0) is 4.79 Å². The smallest absolute Gasteiger partial charge is 0.230 e. The van der Waals surface area contributed by atoms with Gasteiger partial charge in [-0.3, -0.25) is 4.79 Å². The number of thiophene rings is 1. The molecule has 134 valence electrons. The van der Waals surface area contributed by atoms with E-state index in [2.05, 4.69) is 15.3 Å². The van der Waals surface area contributed by atoms with Crippen molar-refractivity contribution in [3.05, 3.63) is 41.8 Å². The van der Waals surface area contributed by atoms with Crippen molar-refractivity contribution >= 4 is 39.2 Å². The van der Waals surface area contributed by atoms with Crippen LogP contribution in [0, 0.1) is 5.82 Å². The summed E-state index contributed by atoms with van der Waals surface area (Å²) in [4.78, 5) is 21.8. The molecule has 1 aliphatic carbocycles. The van der Waals surface area contributed by atoms with Crippen LogP contribution in [0.1, 0.15) is 25.7 Å². The van der Waals surface area contributed by atoms with Crippen molar-refractivity contribution in [2.24, 2.45) is 0 Å². The molecule has 0 aliphatic heterocycles. The Labute approximate surface area is 159 Å². The second-order valence-electron chi connectivity index (χ2n) is 6.35. The summed E-state index contributed by atoms with van der Waals surface area (Å²) in [7, 11) is 0. The minimum absolute atomic E-state index is 0.0484. The molecule has 7 heteroatoms. The number of aromatic nitrogens is 2. The summed E-state index contributed by atoms with van der Waals surface area (Å²) in [6.07, 6.45) is 6.08. The minimum Gasteiger partial charge on any atom is -0.353 e. The van der Waals surface area contributed by atoms with Gasteiger partial charge in [-0.2, -0.15) is 0 Å². The first-order valence-electron chi connectivity index (χ1n) is 8.61. The zero-order chi connectivity index (χ0) is 17.9. The molecule has 4 rings (SSSR count). The van der Waals surface area contributed by atoms with E-state index in [9.17, 15) is 9.18 Å². The van der Waals surface area contributed by atoms with Crippen molar-refractivity contribution in [2.75, 3.05) is 5.75 Å². The largest absolute Gasteiger partial charge is 0.353 e. The van der Waals surface area contributed by atoms with Gasteiger partial charge < -0.3 is 5.32 Å². The van der Waals surface area contributed by atoms with E-state index in [0.717, 1.165) is 39.2 Å². The zero-order valence-corrected chi connectivity index (χ0v) is 15.7. The molecule has 1 aliphatic rings. The molecular formula is C19H18FN3OS2. The van der Waals surface area contributed by atoms with Crippen molar-refractivity contribution in [1.82, 2.24) is 15.3 Å². The van der Waals surface area contributed by atoms with Crippen molar-refractivity contribution in [3.63, 3.8) is 0 Å². The number of rotatable bonds is 5. The van der Waals surface area contributed by atoms with E-state index in [0.29, 0.717) is 11.8 Å². The lowest BCUT2D eigenvalue weighted by Gasteiger charge is -2.11. The molecule has 1 fully saturated rings. The van der Waals surface area contributed by atoms with Gasteiger partial charge in [0.05, 0.1) is 11.1 Å². The Kier molecular flexibility index (Phi) is 5.17. The van der Waals surface area contributed by atoms with Gasteiger partial charge in [0, 0.05) is 17.0 Å². The van der Waals surface area contributed by atoms with Gasteiger partial charge in [0.1, 0.15) is 22.0 Å². The van der Waals surface area contributed by atoms with Crippen LogP contribution in [0.4, 0.5) is 4.39 Å². The molecule has 1 amide bonds. The van der Waals surface area contributed by atoms with E-state index in [-0.39, 0.29) is 11.7 Å². The van der Waals surface area contributed by atoms with Gasteiger partial charge in [-0.05, 0) is 30.5 Å². The number of nitrogens with zero attached hydrogens (tertiary/aromatic N) is 2. The van der Waals surface area contributed by atoms with Crippen LogP contribution in [0.5, 0.6) is 0 Å². The van der Waals surface area contributed by atoms with Crippen molar-refractivity contribution < 1.29 is 9.18 Å². The standard InChI is InChI=1S/C19H18FN3OS2/c20-13-7-5-12(6-8-13)15-9-25-18-17(15)19(22-11-21-18)26-10-16(24)23-14-3-1-2-4-14/h5-9,11,14H,1-4,10H2,(H,23,24). The van der Waals surface area contributed by atoms with Crippen LogP contribution in [0.3, 0.4) is 0 Å². The predicted octanol–water partition coefficient (Wildman–Crippen LogP) is 4.65. The van der Waals surface area contributed by atoms with Gasteiger partial charge in [-0.15, -0.1) is 11.3 Å². The number of amides is 1. The van der Waals surface area contributed by atoms with E-state index >= 15 is 0 Å². The fourth-order valence-corrected chi connectivity index (χ4v) is 5.08. The fraction of sp³-hybridized carbons (Fsp3) is 0.316. The molecule has 0 spiro atoms. The third-order valence-electron chi connectivity index (χ3n) is 4.55. The highest BCUT2D eigenvalue weighted by Gasteiger charge is 2.18. The first-order chi connectivity index (χ1) is 12.7. The van der Waals surface area contributed by atoms with Gasteiger partial charge in [0.15, 0.2) is 0 Å². The number of benzene rings is 1. The summed E-state index contributed by atoms with van der Waals surface area (Å²) in [5.41, 5.74) is 1.90. The Balaban J connectivity index is 1.56. The van der Waals surface area contributed by atoms with Gasteiger partial charge in [0.2, 0.25) is 5.91 Å². The van der Waals surface area contributed by atoms with Crippen LogP contribution >= 0.6 is 23.1 Å². The average molecular weight is 388 g/mol. The summed E-state index contributed by atoms with van der Waals surface area (Å²) < 4.78 is 13.2. The Morgan fingerprint density at radius 3 is 2.77 bits per heavy atom. The summed E-state index contributed by atoms with van der Waals surface area (Å²) in [6.45, 7) is 0. The quantitative estimate of drug-likeness (QED) is 0.511. The first-order valence-corrected chi connectivity index (χ1v) is 10.5. The first kappa shape index (κ1) is 17.4. The van der Waals surface area contributed by atoms with Gasteiger partial charge >= 0.3 is 0 Å². The molecule has 0 radical (unpaired) electrons. The summed E-state index contributed by atoms with van der Waals surface area (Å²) in [5.74, 6) is 0.122. The number of nitrogens with one attached hydrogen (secondary N) is 1. The number of thioether (sulfide) groups is 1. The number of fused-ring (bicyclic) bond motifs is 1. The Morgan fingerprint density at radius 1 is 1.23 bits per heavy atom. The highest BCUT2D eigenvalue weighted by atomic mass is 32.2. The van der Waals surface area contributed by atoms with E-state index in [1.807, 2.05) is 5.38 Å². The number of carbonyl (C=O) groups is 1. The molecule has 0 saturated heterocycles. The highest BCUT2D eigenvalue weighted by Crippen LogP contribution is 2.37. The number of hydrogen-bond acceptors (Lipinski definition) is 5. The lowest BCUT2D eigenvalue weighted by Crippen LogP contribution is -2.33. The molecule has 4 nitrogen and oxygen atoms in total. The molecule has 2 aromatic heterocycles. The summed E-state index contributed by atoms with van der Waals surface area (Å²) >= 11 is 2.96. The predicted molar refractivity (Wildman–Crippen MR) is 104 cm³/mol. The SMILES string of the molecule is O=C(CSc1ncnc2scc(-c3ccc(F)cc3)c12)NC1CCCC1.